The number of hydrogen-bond donors (Lipinski definition) is 1. The van der Waals surface area contributed by atoms with Crippen LogP contribution in [0.1, 0.15) is 5.69 Å². The van der Waals surface area contributed by atoms with Crippen molar-refractivity contribution >= 4 is 23.1 Å². The summed E-state index contributed by atoms with van der Waals surface area (Å²) in [4.78, 5) is 25.2. The van der Waals surface area contributed by atoms with E-state index in [1.807, 2.05) is 0 Å². The molecule has 2 heterocycles. The van der Waals surface area contributed by atoms with Crippen molar-refractivity contribution < 1.29 is 4.92 Å². The summed E-state index contributed by atoms with van der Waals surface area (Å²) in [6.07, 6.45) is 4.02. The average molecular weight is 267 g/mol. The van der Waals surface area contributed by atoms with Gasteiger partial charge >= 0.3 is 5.69 Å². The first-order valence-corrected chi connectivity index (χ1v) is 5.20. The Hall–Kier alpha value is -2.35. The molecule has 0 fully saturated rings. The van der Waals surface area contributed by atoms with E-state index in [4.69, 9.17) is 11.6 Å². The Morgan fingerprint density at radius 1 is 1.44 bits per heavy atom. The summed E-state index contributed by atoms with van der Waals surface area (Å²) in [6, 6.07) is 1.68. The van der Waals surface area contributed by atoms with Crippen molar-refractivity contribution in [2.45, 2.75) is 6.54 Å². The molecule has 0 aliphatic heterocycles. The summed E-state index contributed by atoms with van der Waals surface area (Å²) >= 11 is 5.59. The van der Waals surface area contributed by atoms with Crippen molar-refractivity contribution in [3.05, 3.63) is 45.9 Å². The molecule has 1 N–H and O–H groups in total. The molecule has 2 aromatic heterocycles. The van der Waals surface area contributed by atoms with Crippen molar-refractivity contribution in [1.29, 1.82) is 0 Å². The first kappa shape index (κ1) is 12.1. The third-order valence-electron chi connectivity index (χ3n) is 2.02. The van der Waals surface area contributed by atoms with E-state index in [1.54, 1.807) is 12.3 Å². The molecule has 0 aliphatic carbocycles. The number of aromatic nitrogens is 4. The topological polar surface area (TPSA) is 107 Å². The molecule has 92 valence electrons. The number of rotatable bonds is 4. The number of nitrogens with zero attached hydrogens (tertiary/aromatic N) is 5. The van der Waals surface area contributed by atoms with Crippen molar-refractivity contribution in [3.8, 4) is 0 Å². The average Bonchev–Trinajstić information content (AvgIpc) is 2.37. The van der Waals surface area contributed by atoms with Crippen molar-refractivity contribution in [3.63, 3.8) is 0 Å². The van der Waals surface area contributed by atoms with Crippen molar-refractivity contribution in [2.75, 3.05) is 5.32 Å². The second-order valence-electron chi connectivity index (χ2n) is 3.18. The van der Waals surface area contributed by atoms with Crippen LogP contribution >= 0.6 is 11.6 Å². The SMILES string of the molecule is O=[N+]([O-])c1cnc(Cl)nc1NCc1ccncn1. The maximum atomic E-state index is 10.8. The Morgan fingerprint density at radius 3 is 2.94 bits per heavy atom. The van der Waals surface area contributed by atoms with Gasteiger partial charge in [-0.2, -0.15) is 4.98 Å². The Labute approximate surface area is 106 Å². The smallest absolute Gasteiger partial charge is 0.329 e. The van der Waals surface area contributed by atoms with Crippen LogP contribution in [-0.4, -0.2) is 24.9 Å². The standard InChI is InChI=1S/C9H7ClN6O2/c10-9-13-4-7(16(17)18)8(15-9)12-3-6-1-2-11-5-14-6/h1-2,4-5H,3H2,(H,12,13,15). The highest BCUT2D eigenvalue weighted by atomic mass is 35.5. The zero-order valence-corrected chi connectivity index (χ0v) is 9.70. The largest absolute Gasteiger partial charge is 0.359 e. The fourth-order valence-electron chi connectivity index (χ4n) is 1.21. The molecule has 0 aliphatic rings. The first-order valence-electron chi connectivity index (χ1n) is 4.82. The van der Waals surface area contributed by atoms with E-state index in [0.29, 0.717) is 5.69 Å². The Kier molecular flexibility index (Phi) is 3.58. The lowest BCUT2D eigenvalue weighted by Crippen LogP contribution is -2.06. The highest BCUT2D eigenvalue weighted by Gasteiger charge is 2.16. The van der Waals surface area contributed by atoms with Crippen LogP contribution < -0.4 is 5.32 Å². The van der Waals surface area contributed by atoms with E-state index in [2.05, 4.69) is 25.3 Å². The van der Waals surface area contributed by atoms with Crippen LogP contribution in [0.2, 0.25) is 5.28 Å². The quantitative estimate of drug-likeness (QED) is 0.507. The molecule has 0 atom stereocenters. The fourth-order valence-corrected chi connectivity index (χ4v) is 1.35. The number of halogens is 1. The third-order valence-corrected chi connectivity index (χ3v) is 2.20. The van der Waals surface area contributed by atoms with E-state index in [0.717, 1.165) is 6.20 Å². The predicted molar refractivity (Wildman–Crippen MR) is 63.1 cm³/mol. The van der Waals surface area contributed by atoms with Gasteiger partial charge in [-0.05, 0) is 17.7 Å². The zero-order valence-electron chi connectivity index (χ0n) is 8.95. The van der Waals surface area contributed by atoms with Crippen LogP contribution in [0.15, 0.2) is 24.8 Å². The van der Waals surface area contributed by atoms with E-state index in [-0.39, 0.29) is 23.3 Å². The minimum atomic E-state index is -0.585. The van der Waals surface area contributed by atoms with Gasteiger partial charge in [-0.3, -0.25) is 10.1 Å². The molecular formula is C9H7ClN6O2. The van der Waals surface area contributed by atoms with Gasteiger partial charge in [-0.15, -0.1) is 0 Å². The highest BCUT2D eigenvalue weighted by Crippen LogP contribution is 2.22. The van der Waals surface area contributed by atoms with Gasteiger partial charge in [0, 0.05) is 6.20 Å². The number of nitrogens with one attached hydrogen (secondary N) is 1. The maximum Gasteiger partial charge on any atom is 0.329 e. The van der Waals surface area contributed by atoms with E-state index >= 15 is 0 Å². The molecule has 0 bridgehead atoms. The van der Waals surface area contributed by atoms with Gasteiger partial charge in [0.2, 0.25) is 11.1 Å². The summed E-state index contributed by atoms with van der Waals surface area (Å²) < 4.78 is 0. The molecule has 0 aromatic carbocycles. The molecule has 0 saturated carbocycles. The summed E-state index contributed by atoms with van der Waals surface area (Å²) in [7, 11) is 0. The van der Waals surface area contributed by atoms with E-state index in [9.17, 15) is 10.1 Å². The van der Waals surface area contributed by atoms with Crippen molar-refractivity contribution in [1.82, 2.24) is 19.9 Å². The Morgan fingerprint density at radius 2 is 2.28 bits per heavy atom. The lowest BCUT2D eigenvalue weighted by Gasteiger charge is -2.05. The predicted octanol–water partition coefficient (Wildman–Crippen LogP) is 1.44. The van der Waals surface area contributed by atoms with E-state index in [1.165, 1.54) is 6.33 Å². The van der Waals surface area contributed by atoms with Gasteiger partial charge in [0.1, 0.15) is 12.5 Å². The van der Waals surface area contributed by atoms with Crippen LogP contribution in [0.25, 0.3) is 0 Å². The molecule has 0 radical (unpaired) electrons. The first-order chi connectivity index (χ1) is 8.66. The third kappa shape index (κ3) is 2.86. The van der Waals surface area contributed by atoms with Gasteiger partial charge in [-0.1, -0.05) is 0 Å². The molecule has 0 unspecified atom stereocenters. The Bertz CT molecular complexity index is 564. The second-order valence-corrected chi connectivity index (χ2v) is 3.52. The summed E-state index contributed by atoms with van der Waals surface area (Å²) in [5.41, 5.74) is 0.433. The van der Waals surface area contributed by atoms with Crippen LogP contribution in [0.4, 0.5) is 11.5 Å². The molecule has 2 rings (SSSR count). The van der Waals surface area contributed by atoms with Crippen LogP contribution in [0.3, 0.4) is 0 Å². The molecular weight excluding hydrogens is 260 g/mol. The molecule has 9 heteroatoms. The fraction of sp³-hybridized carbons (Fsp3) is 0.111. The summed E-state index contributed by atoms with van der Waals surface area (Å²) in [5.74, 6) is 0.0543. The molecule has 0 saturated heterocycles. The zero-order chi connectivity index (χ0) is 13.0. The van der Waals surface area contributed by atoms with Gasteiger partial charge in [0.15, 0.2) is 0 Å². The molecule has 18 heavy (non-hydrogen) atoms. The second kappa shape index (κ2) is 5.32. The van der Waals surface area contributed by atoms with Crippen LogP contribution in [0, 0.1) is 10.1 Å². The van der Waals surface area contributed by atoms with Crippen LogP contribution in [-0.2, 0) is 6.54 Å². The number of hydrogen-bond acceptors (Lipinski definition) is 7. The normalized spacial score (nSPS) is 10.1. The molecule has 0 amide bonds. The number of nitro groups is 1. The van der Waals surface area contributed by atoms with Gasteiger partial charge in [0.05, 0.1) is 17.2 Å². The van der Waals surface area contributed by atoms with Gasteiger partial charge in [0.25, 0.3) is 0 Å². The highest BCUT2D eigenvalue weighted by molar-refractivity contribution is 6.28. The lowest BCUT2D eigenvalue weighted by atomic mass is 10.4. The number of anilines is 1. The summed E-state index contributed by atoms with van der Waals surface area (Å²) in [5, 5.41) is 13.5. The van der Waals surface area contributed by atoms with Crippen molar-refractivity contribution in [2.24, 2.45) is 0 Å². The molecule has 8 nitrogen and oxygen atoms in total. The maximum absolute atomic E-state index is 10.8. The van der Waals surface area contributed by atoms with Gasteiger partial charge in [-0.25, -0.2) is 15.0 Å². The summed E-state index contributed by atoms with van der Waals surface area (Å²) in [6.45, 7) is 0.275. The molecule has 2 aromatic rings. The Balaban J connectivity index is 2.18. The minimum absolute atomic E-state index is 0.0543. The molecule has 0 spiro atoms. The minimum Gasteiger partial charge on any atom is -0.359 e. The monoisotopic (exact) mass is 266 g/mol. The lowest BCUT2D eigenvalue weighted by molar-refractivity contribution is -0.384. The van der Waals surface area contributed by atoms with Gasteiger partial charge < -0.3 is 5.32 Å². The van der Waals surface area contributed by atoms with E-state index < -0.39 is 4.92 Å². The van der Waals surface area contributed by atoms with Crippen LogP contribution in [0.5, 0.6) is 0 Å².